The van der Waals surface area contributed by atoms with Gasteiger partial charge in [0.2, 0.25) is 0 Å². The van der Waals surface area contributed by atoms with E-state index in [0.29, 0.717) is 17.1 Å². The largest absolute Gasteiger partial charge is 0.477 e. The van der Waals surface area contributed by atoms with Gasteiger partial charge in [-0.3, -0.25) is 14.5 Å². The molecular weight excluding hydrogens is 559 g/mol. The lowest BCUT2D eigenvalue weighted by molar-refractivity contribution is -0.642. The van der Waals surface area contributed by atoms with Crippen molar-refractivity contribution in [3.8, 4) is 0 Å². The number of aromatic nitrogens is 3. The summed E-state index contributed by atoms with van der Waals surface area (Å²) in [5.41, 5.74) is 7.20. The molecular formula is C21H20N7O5S4+. The Hall–Kier alpha value is -3.21. The molecule has 0 aliphatic carbocycles. The highest BCUT2D eigenvalue weighted by molar-refractivity contribution is 8.02. The fourth-order valence-corrected chi connectivity index (χ4v) is 8.01. The fourth-order valence-electron chi connectivity index (χ4n) is 3.90. The van der Waals surface area contributed by atoms with Crippen LogP contribution in [0.3, 0.4) is 0 Å². The van der Waals surface area contributed by atoms with Crippen LogP contribution in [-0.2, 0) is 26.3 Å². The van der Waals surface area contributed by atoms with Crippen molar-refractivity contribution in [2.24, 2.45) is 12.2 Å². The zero-order valence-electron chi connectivity index (χ0n) is 19.4. The second-order valence-electron chi connectivity index (χ2n) is 7.89. The Kier molecular flexibility index (Phi) is 7.06. The Morgan fingerprint density at radius 1 is 1.43 bits per heavy atom. The van der Waals surface area contributed by atoms with Gasteiger partial charge in [0.15, 0.2) is 21.4 Å². The van der Waals surface area contributed by atoms with E-state index in [0.717, 1.165) is 26.0 Å². The number of anilines is 1. The number of β-lactam (4-membered cyclic amide) rings is 1. The van der Waals surface area contributed by atoms with Crippen LogP contribution in [0.5, 0.6) is 0 Å². The number of nitrogens with zero attached hydrogens (tertiary/aromatic N) is 5. The van der Waals surface area contributed by atoms with Crippen LogP contribution in [0.1, 0.15) is 5.69 Å². The van der Waals surface area contributed by atoms with Gasteiger partial charge in [-0.2, -0.15) is 4.57 Å². The van der Waals surface area contributed by atoms with Crippen LogP contribution in [0.15, 0.2) is 44.5 Å². The number of nitrogens with two attached hydrogens (primary N) is 1. The monoisotopic (exact) mass is 578 g/mol. The van der Waals surface area contributed by atoms with Crippen LogP contribution in [-0.4, -0.2) is 73.5 Å². The number of thiazole rings is 2. The van der Waals surface area contributed by atoms with Crippen LogP contribution >= 0.6 is 46.2 Å². The minimum atomic E-state index is -1.19. The highest BCUT2D eigenvalue weighted by atomic mass is 32.2. The maximum atomic E-state index is 13.0. The molecule has 12 nitrogen and oxygen atoms in total. The number of nitrogen functional groups attached to an aromatic ring is 1. The second kappa shape index (κ2) is 10.3. The van der Waals surface area contributed by atoms with E-state index in [1.165, 1.54) is 46.9 Å². The topological polar surface area (TPSA) is 164 Å². The number of pyridine rings is 1. The van der Waals surface area contributed by atoms with Gasteiger partial charge in [-0.1, -0.05) is 16.9 Å². The third-order valence-corrected chi connectivity index (χ3v) is 9.97. The summed E-state index contributed by atoms with van der Waals surface area (Å²) in [7, 11) is 3.23. The molecule has 0 spiro atoms. The lowest BCUT2D eigenvalue weighted by Crippen LogP contribution is -2.71. The first-order valence-electron chi connectivity index (χ1n) is 10.7. The van der Waals surface area contributed by atoms with E-state index in [1.807, 2.05) is 29.9 Å². The van der Waals surface area contributed by atoms with Crippen molar-refractivity contribution in [3.63, 3.8) is 0 Å². The van der Waals surface area contributed by atoms with Crippen LogP contribution < -0.4 is 15.6 Å². The molecule has 1 fully saturated rings. The Labute approximate surface area is 226 Å². The molecule has 0 aromatic carbocycles. The van der Waals surface area contributed by atoms with Crippen molar-refractivity contribution in [3.05, 3.63) is 40.7 Å². The van der Waals surface area contributed by atoms with E-state index >= 15 is 0 Å². The Bertz CT molecular complexity index is 1480. The predicted octanol–water partition coefficient (Wildman–Crippen LogP) is 1.04. The van der Waals surface area contributed by atoms with Crippen LogP contribution in [0.25, 0.3) is 10.3 Å². The number of carboxylic acid groups (broad SMARTS) is 1. The van der Waals surface area contributed by atoms with Crippen molar-refractivity contribution in [2.75, 3.05) is 24.3 Å². The number of fused-ring (bicyclic) bond motifs is 2. The molecule has 2 amide bonds. The molecule has 0 radical (unpaired) electrons. The summed E-state index contributed by atoms with van der Waals surface area (Å²) in [6.45, 7) is 0. The Morgan fingerprint density at radius 3 is 2.92 bits per heavy atom. The summed E-state index contributed by atoms with van der Waals surface area (Å²) < 4.78 is 2.80. The smallest absolute Gasteiger partial charge is 0.352 e. The highest BCUT2D eigenvalue weighted by Gasteiger charge is 2.54. The third kappa shape index (κ3) is 4.76. The molecule has 16 heteroatoms. The van der Waals surface area contributed by atoms with Crippen LogP contribution in [0.2, 0.25) is 0 Å². The molecule has 2 atom stereocenters. The van der Waals surface area contributed by atoms with Crippen molar-refractivity contribution < 1.29 is 28.9 Å². The van der Waals surface area contributed by atoms with Gasteiger partial charge >= 0.3 is 5.97 Å². The average Bonchev–Trinajstić information content (AvgIpc) is 3.50. The van der Waals surface area contributed by atoms with Crippen molar-refractivity contribution in [1.29, 1.82) is 0 Å². The number of thioether (sulfide) groups is 2. The molecule has 4 N–H and O–H groups in total. The third-order valence-electron chi connectivity index (χ3n) is 5.57. The van der Waals surface area contributed by atoms with E-state index in [-0.39, 0.29) is 22.2 Å². The fraction of sp³-hybridized carbons (Fsp3) is 0.286. The average molecular weight is 579 g/mol. The van der Waals surface area contributed by atoms with E-state index in [9.17, 15) is 19.5 Å². The number of nitrogens with one attached hydrogen (secondary N) is 1. The minimum absolute atomic E-state index is 0.0449. The first-order valence-corrected chi connectivity index (χ1v) is 14.4. The molecule has 2 aliphatic rings. The Balaban J connectivity index is 1.31. The quantitative estimate of drug-likeness (QED) is 0.116. The number of hydrogen-bond acceptors (Lipinski definition) is 12. The van der Waals surface area contributed by atoms with Gasteiger partial charge in [0.05, 0.1) is 0 Å². The number of aliphatic carboxylic acids is 1. The molecule has 5 heterocycles. The Morgan fingerprint density at radius 2 is 2.24 bits per heavy atom. The van der Waals surface area contributed by atoms with Crippen molar-refractivity contribution >= 4 is 85.2 Å². The van der Waals surface area contributed by atoms with Gasteiger partial charge in [-0.25, -0.2) is 14.8 Å². The maximum absolute atomic E-state index is 13.0. The zero-order valence-corrected chi connectivity index (χ0v) is 22.7. The van der Waals surface area contributed by atoms with Crippen LogP contribution in [0.4, 0.5) is 5.13 Å². The standard InChI is InChI=1S/C21H19N7O5S4/c1-27-5-3-4-10-17(27)37-21(24-10)36-7-9-6-34-18-13(16(30)28(18)14(9)19(31)32)25-15(29)12(26-33-2)11-8-35-20(22)23-11/h3-5,8,13,18H,6-7H2,1-2H3,(H3-,22,23,25,29,31,32)/p+1/b26-12+. The maximum Gasteiger partial charge on any atom is 0.352 e. The minimum Gasteiger partial charge on any atom is -0.477 e. The molecule has 3 aromatic heterocycles. The summed E-state index contributed by atoms with van der Waals surface area (Å²) >= 11 is 5.49. The molecule has 2 unspecified atom stereocenters. The lowest BCUT2D eigenvalue weighted by Gasteiger charge is -2.49. The number of carbonyl (C=O) groups is 3. The number of carbonyl (C=O) groups excluding carboxylic acids is 2. The van der Waals surface area contributed by atoms with Gasteiger partial charge in [-0.05, 0) is 23.0 Å². The highest BCUT2D eigenvalue weighted by Crippen LogP contribution is 2.42. The van der Waals surface area contributed by atoms with Gasteiger partial charge in [0.1, 0.15) is 42.5 Å². The van der Waals surface area contributed by atoms with Gasteiger partial charge in [0.25, 0.3) is 16.6 Å². The van der Waals surface area contributed by atoms with Crippen LogP contribution in [0, 0.1) is 0 Å². The molecule has 192 valence electrons. The molecule has 2 aliphatic heterocycles. The number of oxime groups is 1. The summed E-state index contributed by atoms with van der Waals surface area (Å²) in [5.74, 6) is -1.59. The summed E-state index contributed by atoms with van der Waals surface area (Å²) in [6, 6.07) is 2.93. The van der Waals surface area contributed by atoms with E-state index in [4.69, 9.17) is 10.6 Å². The summed E-state index contributed by atoms with van der Waals surface area (Å²) in [6.07, 6.45) is 1.94. The SMILES string of the molecule is CO/N=C(/C(=O)NC1C(=O)N2C(C(=O)O)=C(CSc3nc4ccc[n+](C)c4s3)CSC12)c1csc(N)n1. The number of amides is 2. The first kappa shape index (κ1) is 25.4. The van der Waals surface area contributed by atoms with E-state index in [1.54, 1.807) is 5.38 Å². The summed E-state index contributed by atoms with van der Waals surface area (Å²) in [4.78, 5) is 53.8. The summed E-state index contributed by atoms with van der Waals surface area (Å²) in [5, 5.41) is 17.6. The number of aryl methyl sites for hydroxylation is 1. The molecule has 0 bridgehead atoms. The molecule has 0 saturated carbocycles. The first-order chi connectivity index (χ1) is 17.8. The molecule has 1 saturated heterocycles. The van der Waals surface area contributed by atoms with Gasteiger partial charge in [-0.15, -0.1) is 23.1 Å². The van der Waals surface area contributed by atoms with Crippen molar-refractivity contribution in [1.82, 2.24) is 20.2 Å². The number of carboxylic acids is 1. The normalized spacial score (nSPS) is 19.6. The van der Waals surface area contributed by atoms with E-state index in [2.05, 4.69) is 20.4 Å². The lowest BCUT2D eigenvalue weighted by atomic mass is 10.0. The van der Waals surface area contributed by atoms with Crippen molar-refractivity contribution in [2.45, 2.75) is 15.8 Å². The number of hydrogen-bond donors (Lipinski definition) is 3. The predicted molar refractivity (Wildman–Crippen MR) is 141 cm³/mol. The molecule has 3 aromatic rings. The molecule has 37 heavy (non-hydrogen) atoms. The van der Waals surface area contributed by atoms with Gasteiger partial charge < -0.3 is 21.0 Å². The van der Waals surface area contributed by atoms with Gasteiger partial charge in [0, 0.05) is 23.0 Å². The zero-order chi connectivity index (χ0) is 26.3. The number of rotatable bonds is 8. The molecule has 5 rings (SSSR count). The van der Waals surface area contributed by atoms with E-state index < -0.39 is 29.2 Å². The second-order valence-corrected chi connectivity index (χ2v) is 12.1.